The average Bonchev–Trinajstić information content (AvgIpc) is 2.60. The molecule has 1 aliphatic rings. The van der Waals surface area contributed by atoms with E-state index in [-0.39, 0.29) is 22.0 Å². The van der Waals surface area contributed by atoms with E-state index in [1.54, 1.807) is 0 Å². The topological polar surface area (TPSA) is 52.1 Å². The summed E-state index contributed by atoms with van der Waals surface area (Å²) in [6.07, 6.45) is 5.20. The highest BCUT2D eigenvalue weighted by molar-refractivity contribution is 8.00. The molecular formula is C23H26N2O2S. The molecule has 0 saturated carbocycles. The number of carbonyl (C=O) groups excluding carboxylic acids is 1. The van der Waals surface area contributed by atoms with E-state index in [0.717, 1.165) is 18.4 Å². The quantitative estimate of drug-likeness (QED) is 0.533. The summed E-state index contributed by atoms with van der Waals surface area (Å²) < 4.78 is 5.35. The van der Waals surface area contributed by atoms with E-state index in [2.05, 4.69) is 67.7 Å². The molecule has 0 saturated heterocycles. The molecule has 0 radical (unpaired) electrons. The minimum Gasteiger partial charge on any atom is -0.406 e. The van der Waals surface area contributed by atoms with Gasteiger partial charge in [-0.2, -0.15) is 0 Å². The lowest BCUT2D eigenvalue weighted by atomic mass is 9.76. The molecule has 4 nitrogen and oxygen atoms in total. The maximum atomic E-state index is 11.5. The minimum atomic E-state index is -0.298. The van der Waals surface area contributed by atoms with Crippen LogP contribution in [0.4, 0.5) is 0 Å². The van der Waals surface area contributed by atoms with Crippen molar-refractivity contribution < 1.29 is 9.53 Å². The van der Waals surface area contributed by atoms with Crippen molar-refractivity contribution in [2.45, 2.75) is 68.9 Å². The zero-order valence-corrected chi connectivity index (χ0v) is 17.9. The van der Waals surface area contributed by atoms with Gasteiger partial charge in [-0.1, -0.05) is 40.5 Å². The smallest absolute Gasteiger partial charge is 0.312 e. The van der Waals surface area contributed by atoms with E-state index >= 15 is 0 Å². The molecule has 2 heterocycles. The van der Waals surface area contributed by atoms with Crippen LogP contribution in [-0.4, -0.2) is 20.7 Å². The average molecular weight is 395 g/mol. The van der Waals surface area contributed by atoms with Crippen LogP contribution >= 0.6 is 11.8 Å². The van der Waals surface area contributed by atoms with Crippen LogP contribution < -0.4 is 4.74 Å². The number of esters is 1. The number of carbonyl (C=O) groups is 1. The molecule has 0 spiro atoms. The molecular weight excluding hydrogens is 368 g/mol. The van der Waals surface area contributed by atoms with E-state index in [1.807, 2.05) is 18.7 Å². The highest BCUT2D eigenvalue weighted by Gasteiger charge is 2.37. The van der Waals surface area contributed by atoms with Crippen molar-refractivity contribution in [3.8, 4) is 17.7 Å². The molecule has 0 amide bonds. The fourth-order valence-corrected chi connectivity index (χ4v) is 5.27. The summed E-state index contributed by atoms with van der Waals surface area (Å²) in [7, 11) is 0. The Hall–Kier alpha value is -2.32. The Kier molecular flexibility index (Phi) is 5.81. The maximum Gasteiger partial charge on any atom is 0.312 e. The van der Waals surface area contributed by atoms with Crippen LogP contribution in [0.3, 0.4) is 0 Å². The Morgan fingerprint density at radius 3 is 2.64 bits per heavy atom. The maximum absolute atomic E-state index is 11.5. The summed E-state index contributed by atoms with van der Waals surface area (Å²) in [5, 5.41) is 0. The lowest BCUT2D eigenvalue weighted by Crippen LogP contribution is -2.33. The summed E-state index contributed by atoms with van der Waals surface area (Å²) in [4.78, 5) is 21.2. The molecule has 0 aliphatic carbocycles. The monoisotopic (exact) mass is 394 g/mol. The zero-order chi connectivity index (χ0) is 20.4. The van der Waals surface area contributed by atoms with Crippen LogP contribution in [0.2, 0.25) is 0 Å². The van der Waals surface area contributed by atoms with Gasteiger partial charge in [0.2, 0.25) is 5.88 Å². The predicted octanol–water partition coefficient (Wildman–Crippen LogP) is 5.13. The molecule has 0 atom stereocenters. The highest BCUT2D eigenvalue weighted by atomic mass is 32.2. The Balaban J connectivity index is 1.77. The van der Waals surface area contributed by atoms with Crippen LogP contribution in [0.1, 0.15) is 70.7 Å². The summed E-state index contributed by atoms with van der Waals surface area (Å²) in [5.74, 6) is 6.14. The first-order chi connectivity index (χ1) is 13.2. The van der Waals surface area contributed by atoms with E-state index in [9.17, 15) is 4.79 Å². The van der Waals surface area contributed by atoms with E-state index in [0.29, 0.717) is 12.1 Å². The third-order valence-corrected chi connectivity index (χ3v) is 5.87. The Morgan fingerprint density at radius 1 is 1.18 bits per heavy atom. The second kappa shape index (κ2) is 7.97. The fraction of sp³-hybridized carbons (Fsp3) is 0.435. The third-order valence-electron chi connectivity index (χ3n) is 4.60. The molecule has 0 N–H and O–H groups in total. The standard InChI is InChI=1S/C23H26N2O2S/c1-6-7-21(26)27-20-14-24-17(13-25-20)10-8-16-9-11-19-18(12-16)22(2,3)15-23(4,5)28-19/h9,11-14H,6-7,15H2,1-5H3. The largest absolute Gasteiger partial charge is 0.406 e. The van der Waals surface area contributed by atoms with Gasteiger partial charge < -0.3 is 4.74 Å². The first-order valence-electron chi connectivity index (χ1n) is 9.57. The first-order valence-corrected chi connectivity index (χ1v) is 10.4. The molecule has 0 bridgehead atoms. The van der Waals surface area contributed by atoms with Crippen molar-refractivity contribution >= 4 is 17.7 Å². The highest BCUT2D eigenvalue weighted by Crippen LogP contribution is 2.50. The van der Waals surface area contributed by atoms with Gasteiger partial charge in [0.1, 0.15) is 5.69 Å². The number of hydrogen-bond acceptors (Lipinski definition) is 5. The number of nitrogens with zero attached hydrogens (tertiary/aromatic N) is 2. The fourth-order valence-electron chi connectivity index (χ4n) is 3.66. The number of thioether (sulfide) groups is 1. The summed E-state index contributed by atoms with van der Waals surface area (Å²) >= 11 is 1.94. The molecule has 0 fully saturated rings. The van der Waals surface area contributed by atoms with Gasteiger partial charge in [-0.15, -0.1) is 11.8 Å². The predicted molar refractivity (Wildman–Crippen MR) is 113 cm³/mol. The van der Waals surface area contributed by atoms with Crippen LogP contribution in [0.15, 0.2) is 35.5 Å². The number of fused-ring (bicyclic) bond motifs is 1. The molecule has 1 aliphatic heterocycles. The van der Waals surface area contributed by atoms with Gasteiger partial charge in [0.05, 0.1) is 12.4 Å². The van der Waals surface area contributed by atoms with Crippen molar-refractivity contribution in [1.82, 2.24) is 9.97 Å². The second-order valence-electron chi connectivity index (χ2n) is 8.35. The number of hydrogen-bond donors (Lipinski definition) is 0. The summed E-state index contributed by atoms with van der Waals surface area (Å²) in [6.45, 7) is 11.1. The van der Waals surface area contributed by atoms with Gasteiger partial charge in [0.15, 0.2) is 0 Å². The number of ether oxygens (including phenoxy) is 1. The van der Waals surface area contributed by atoms with Crippen molar-refractivity contribution in [2.75, 3.05) is 0 Å². The van der Waals surface area contributed by atoms with Crippen molar-refractivity contribution in [2.24, 2.45) is 0 Å². The molecule has 1 aromatic heterocycles. The molecule has 0 unspecified atom stereocenters. The Bertz CT molecular complexity index is 937. The molecule has 146 valence electrons. The van der Waals surface area contributed by atoms with E-state index in [1.165, 1.54) is 22.9 Å². The van der Waals surface area contributed by atoms with Gasteiger partial charge in [-0.3, -0.25) is 4.79 Å². The lowest BCUT2D eigenvalue weighted by Gasteiger charge is -2.41. The zero-order valence-electron chi connectivity index (χ0n) is 17.1. The van der Waals surface area contributed by atoms with Crippen LogP contribution in [0.5, 0.6) is 5.88 Å². The summed E-state index contributed by atoms with van der Waals surface area (Å²) in [6, 6.07) is 6.43. The molecule has 5 heteroatoms. The number of aromatic nitrogens is 2. The van der Waals surface area contributed by atoms with Gasteiger partial charge in [0, 0.05) is 21.6 Å². The SMILES string of the molecule is CCCC(=O)Oc1cnc(C#Cc2ccc3c(c2)C(C)(C)CC(C)(C)S3)cn1. The Labute approximate surface area is 171 Å². The van der Waals surface area contributed by atoms with E-state index < -0.39 is 0 Å². The molecule has 1 aromatic carbocycles. The number of rotatable bonds is 3. The van der Waals surface area contributed by atoms with Gasteiger partial charge in [-0.25, -0.2) is 9.97 Å². The van der Waals surface area contributed by atoms with Gasteiger partial charge >= 0.3 is 5.97 Å². The second-order valence-corrected chi connectivity index (χ2v) is 10.1. The molecule has 2 aromatic rings. The minimum absolute atomic E-state index is 0.117. The van der Waals surface area contributed by atoms with Crippen LogP contribution in [-0.2, 0) is 10.2 Å². The normalized spacial score (nSPS) is 16.5. The van der Waals surface area contributed by atoms with Crippen LogP contribution in [0.25, 0.3) is 0 Å². The Morgan fingerprint density at radius 2 is 1.96 bits per heavy atom. The van der Waals surface area contributed by atoms with Crippen molar-refractivity contribution in [3.63, 3.8) is 0 Å². The van der Waals surface area contributed by atoms with Crippen molar-refractivity contribution in [3.05, 3.63) is 47.4 Å². The van der Waals surface area contributed by atoms with E-state index in [4.69, 9.17) is 4.74 Å². The van der Waals surface area contributed by atoms with Gasteiger partial charge in [0.25, 0.3) is 0 Å². The third kappa shape index (κ3) is 4.94. The molecule has 3 rings (SSSR count). The first kappa shape index (κ1) is 20.4. The number of benzene rings is 1. The van der Waals surface area contributed by atoms with Gasteiger partial charge in [-0.05, 0) is 47.9 Å². The lowest BCUT2D eigenvalue weighted by molar-refractivity contribution is -0.134. The van der Waals surface area contributed by atoms with Crippen molar-refractivity contribution in [1.29, 1.82) is 0 Å². The van der Waals surface area contributed by atoms with Crippen LogP contribution in [0, 0.1) is 11.8 Å². The summed E-state index contributed by atoms with van der Waals surface area (Å²) in [5.41, 5.74) is 2.98. The molecule has 28 heavy (non-hydrogen) atoms.